The van der Waals surface area contributed by atoms with Gasteiger partial charge < -0.3 is 5.32 Å². The number of likely N-dealkylation sites (tertiary alicyclic amines) is 1. The average Bonchev–Trinajstić information content (AvgIpc) is 3.45. The third-order valence-corrected chi connectivity index (χ3v) is 6.84. The molecule has 3 heterocycles. The van der Waals surface area contributed by atoms with Crippen LogP contribution in [0.4, 0.5) is 10.3 Å². The number of hydrogen-bond acceptors (Lipinski definition) is 5. The highest BCUT2D eigenvalue weighted by atomic mass is 19.1. The largest absolute Gasteiger partial charge is 0.354 e. The minimum absolute atomic E-state index is 0.188. The van der Waals surface area contributed by atoms with E-state index in [9.17, 15) is 9.18 Å². The molecule has 2 aromatic carbocycles. The van der Waals surface area contributed by atoms with Gasteiger partial charge in [0.1, 0.15) is 5.82 Å². The minimum Gasteiger partial charge on any atom is -0.354 e. The zero-order valence-electron chi connectivity index (χ0n) is 20.4. The topological polar surface area (TPSA) is 63.1 Å². The van der Waals surface area contributed by atoms with Crippen LogP contribution in [-0.4, -0.2) is 45.1 Å². The minimum atomic E-state index is -0.348. The Morgan fingerprint density at radius 3 is 2.33 bits per heavy atom. The van der Waals surface area contributed by atoms with Crippen molar-refractivity contribution in [1.29, 1.82) is 0 Å². The number of pyridine rings is 1. The lowest BCUT2D eigenvalue weighted by Gasteiger charge is -2.28. The summed E-state index contributed by atoms with van der Waals surface area (Å²) in [5.74, 6) is 0.161. The van der Waals surface area contributed by atoms with Crippen LogP contribution in [0.25, 0.3) is 22.4 Å². The van der Waals surface area contributed by atoms with E-state index in [1.165, 1.54) is 30.5 Å². The van der Waals surface area contributed by atoms with Crippen LogP contribution in [0.2, 0.25) is 0 Å². The lowest BCUT2D eigenvalue weighted by atomic mass is 10.0. The molecular weight excluding hydrogens is 453 g/mol. The molecule has 1 atom stereocenters. The predicted octanol–water partition coefficient (Wildman–Crippen LogP) is 4.77. The number of aromatic nitrogens is 3. The molecule has 5 rings (SSSR count). The molecular formula is C29H30FN5O. The number of benzene rings is 2. The second kappa shape index (κ2) is 10.8. The van der Waals surface area contributed by atoms with Crippen molar-refractivity contribution in [3.63, 3.8) is 0 Å². The van der Waals surface area contributed by atoms with Gasteiger partial charge in [0.05, 0.1) is 11.3 Å². The first-order chi connectivity index (χ1) is 17.6. The van der Waals surface area contributed by atoms with Crippen molar-refractivity contribution in [2.75, 3.05) is 25.0 Å². The summed E-state index contributed by atoms with van der Waals surface area (Å²) >= 11 is 0. The van der Waals surface area contributed by atoms with Crippen molar-refractivity contribution in [2.45, 2.75) is 25.3 Å². The van der Waals surface area contributed by atoms with E-state index in [1.807, 2.05) is 18.2 Å². The van der Waals surface area contributed by atoms with E-state index in [0.717, 1.165) is 25.1 Å². The first-order valence-electron chi connectivity index (χ1n) is 12.4. The van der Waals surface area contributed by atoms with Gasteiger partial charge in [-0.1, -0.05) is 42.5 Å². The summed E-state index contributed by atoms with van der Waals surface area (Å²) in [5, 5.41) is 3.48. The first kappa shape index (κ1) is 23.9. The van der Waals surface area contributed by atoms with E-state index >= 15 is 0 Å². The molecule has 7 heteroatoms. The van der Waals surface area contributed by atoms with E-state index in [-0.39, 0.29) is 17.4 Å². The summed E-state index contributed by atoms with van der Waals surface area (Å²) in [6.07, 6.45) is 6.70. The quantitative estimate of drug-likeness (QED) is 0.391. The van der Waals surface area contributed by atoms with Gasteiger partial charge in [-0.3, -0.25) is 19.2 Å². The lowest BCUT2D eigenvalue weighted by Crippen LogP contribution is -2.40. The molecule has 0 spiro atoms. The summed E-state index contributed by atoms with van der Waals surface area (Å²) in [7, 11) is 1.73. The molecule has 2 aromatic heterocycles. The molecule has 36 heavy (non-hydrogen) atoms. The molecule has 1 saturated heterocycles. The highest BCUT2D eigenvalue weighted by molar-refractivity contribution is 5.80. The molecule has 184 valence electrons. The molecule has 0 amide bonds. The molecule has 1 aliphatic rings. The Bertz CT molecular complexity index is 1350. The van der Waals surface area contributed by atoms with Gasteiger partial charge in [-0.15, -0.1) is 0 Å². The fourth-order valence-electron chi connectivity index (χ4n) is 4.89. The number of anilines is 1. The Hall–Kier alpha value is -3.84. The molecule has 4 aromatic rings. The van der Waals surface area contributed by atoms with E-state index < -0.39 is 0 Å². The molecule has 0 unspecified atom stereocenters. The van der Waals surface area contributed by atoms with E-state index in [2.05, 4.69) is 39.5 Å². The normalized spacial score (nSPS) is 14.6. The molecule has 1 fully saturated rings. The van der Waals surface area contributed by atoms with Gasteiger partial charge in [-0.25, -0.2) is 9.37 Å². The van der Waals surface area contributed by atoms with Crippen LogP contribution >= 0.6 is 0 Å². The third kappa shape index (κ3) is 5.21. The van der Waals surface area contributed by atoms with Crippen molar-refractivity contribution >= 4 is 5.95 Å². The van der Waals surface area contributed by atoms with Gasteiger partial charge in [0, 0.05) is 37.6 Å². The lowest BCUT2D eigenvalue weighted by molar-refractivity contribution is 0.250. The van der Waals surface area contributed by atoms with Gasteiger partial charge >= 0.3 is 0 Å². The maximum Gasteiger partial charge on any atom is 0.263 e. The fourth-order valence-corrected chi connectivity index (χ4v) is 4.89. The summed E-state index contributed by atoms with van der Waals surface area (Å²) in [6.45, 7) is 2.83. The van der Waals surface area contributed by atoms with Crippen LogP contribution < -0.4 is 10.9 Å². The highest BCUT2D eigenvalue weighted by Crippen LogP contribution is 2.29. The molecule has 6 nitrogen and oxygen atoms in total. The third-order valence-electron chi connectivity index (χ3n) is 6.84. The van der Waals surface area contributed by atoms with Crippen molar-refractivity contribution in [1.82, 2.24) is 19.4 Å². The van der Waals surface area contributed by atoms with Crippen LogP contribution in [0.15, 0.2) is 83.9 Å². The Morgan fingerprint density at radius 2 is 1.64 bits per heavy atom. The second-order valence-electron chi connectivity index (χ2n) is 9.23. The number of nitrogens with zero attached hydrogens (tertiary/aromatic N) is 4. The predicted molar refractivity (Wildman–Crippen MR) is 141 cm³/mol. The maximum atomic E-state index is 13.6. The Kier molecular flexibility index (Phi) is 7.18. The molecule has 0 saturated carbocycles. The summed E-state index contributed by atoms with van der Waals surface area (Å²) in [4.78, 5) is 25.2. The summed E-state index contributed by atoms with van der Waals surface area (Å²) < 4.78 is 15.2. The number of halogens is 1. The van der Waals surface area contributed by atoms with Crippen molar-refractivity contribution < 1.29 is 4.39 Å². The van der Waals surface area contributed by atoms with Crippen molar-refractivity contribution in [3.05, 3.63) is 101 Å². The highest BCUT2D eigenvalue weighted by Gasteiger charge is 2.24. The smallest absolute Gasteiger partial charge is 0.263 e. The number of hydrogen-bond donors (Lipinski definition) is 1. The molecule has 0 aliphatic carbocycles. The SMILES string of the molecule is Cn1c(NC[C@H](Cc2ccccc2)N2CCCC2)nc(-c2ccncc2)c(-c2ccc(F)cc2)c1=O. The van der Waals surface area contributed by atoms with Crippen molar-refractivity contribution in [2.24, 2.45) is 7.05 Å². The van der Waals surface area contributed by atoms with Crippen LogP contribution in [-0.2, 0) is 13.5 Å². The van der Waals surface area contributed by atoms with Gasteiger partial charge in [0.15, 0.2) is 0 Å². The average molecular weight is 484 g/mol. The zero-order chi connectivity index (χ0) is 24.9. The van der Waals surface area contributed by atoms with Crippen molar-refractivity contribution in [3.8, 4) is 22.4 Å². The maximum absolute atomic E-state index is 13.6. The fraction of sp³-hybridized carbons (Fsp3) is 0.276. The summed E-state index contributed by atoms with van der Waals surface area (Å²) in [6, 6.07) is 20.4. The Balaban J connectivity index is 1.50. The number of nitrogens with one attached hydrogen (secondary N) is 1. The van der Waals surface area contributed by atoms with Gasteiger partial charge in [0.25, 0.3) is 5.56 Å². The molecule has 1 aliphatic heterocycles. The van der Waals surface area contributed by atoms with Crippen LogP contribution in [0.5, 0.6) is 0 Å². The van der Waals surface area contributed by atoms with Gasteiger partial charge in [-0.2, -0.15) is 0 Å². The summed E-state index contributed by atoms with van der Waals surface area (Å²) in [5.41, 5.74) is 3.51. The second-order valence-corrected chi connectivity index (χ2v) is 9.23. The monoisotopic (exact) mass is 483 g/mol. The standard InChI is InChI=1S/C29H30FN5O/c1-34-28(36)26(22-9-11-24(30)12-10-22)27(23-13-15-31-16-14-23)33-29(34)32-20-25(35-17-5-6-18-35)19-21-7-3-2-4-8-21/h2-4,7-16,25H,5-6,17-20H2,1H3,(H,32,33)/t25-/m0/s1. The Labute approximate surface area is 210 Å². The molecule has 0 bridgehead atoms. The van der Waals surface area contributed by atoms with E-state index in [4.69, 9.17) is 4.98 Å². The Morgan fingerprint density at radius 1 is 0.944 bits per heavy atom. The van der Waals surface area contributed by atoms with Crippen LogP contribution in [0.3, 0.4) is 0 Å². The first-order valence-corrected chi connectivity index (χ1v) is 12.4. The molecule has 0 radical (unpaired) electrons. The van der Waals surface area contributed by atoms with Gasteiger partial charge in [-0.05, 0) is 67.7 Å². The van der Waals surface area contributed by atoms with E-state index in [0.29, 0.717) is 29.3 Å². The van der Waals surface area contributed by atoms with Crippen LogP contribution in [0, 0.1) is 5.82 Å². The van der Waals surface area contributed by atoms with Crippen LogP contribution in [0.1, 0.15) is 18.4 Å². The van der Waals surface area contributed by atoms with Gasteiger partial charge in [0.2, 0.25) is 5.95 Å². The number of rotatable bonds is 8. The zero-order valence-corrected chi connectivity index (χ0v) is 20.4. The molecule has 1 N–H and O–H groups in total. The van der Waals surface area contributed by atoms with E-state index in [1.54, 1.807) is 36.1 Å².